The van der Waals surface area contributed by atoms with Gasteiger partial charge in [-0.25, -0.2) is 0 Å². The van der Waals surface area contributed by atoms with E-state index in [9.17, 15) is 9.59 Å². The first-order valence-corrected chi connectivity index (χ1v) is 5.33. The average molecular weight is 196 g/mol. The van der Waals surface area contributed by atoms with Gasteiger partial charge in [-0.1, -0.05) is 19.3 Å². The summed E-state index contributed by atoms with van der Waals surface area (Å²) >= 11 is 0. The molecule has 1 aliphatic heterocycles. The molecule has 14 heavy (non-hydrogen) atoms. The van der Waals surface area contributed by atoms with E-state index < -0.39 is 0 Å². The van der Waals surface area contributed by atoms with Crippen LogP contribution in [0.2, 0.25) is 0 Å². The van der Waals surface area contributed by atoms with E-state index in [1.165, 1.54) is 19.3 Å². The Balaban J connectivity index is 1.64. The van der Waals surface area contributed by atoms with Gasteiger partial charge in [0.15, 0.2) is 0 Å². The lowest BCUT2D eigenvalue weighted by atomic mass is 9.83. The van der Waals surface area contributed by atoms with Crippen molar-refractivity contribution in [3.8, 4) is 0 Å². The first-order chi connectivity index (χ1) is 6.75. The van der Waals surface area contributed by atoms with Gasteiger partial charge < -0.3 is 5.32 Å². The Labute approximate surface area is 83.4 Å². The number of carbonyl (C=O) groups is 2. The third kappa shape index (κ3) is 2.12. The lowest BCUT2D eigenvalue weighted by Gasteiger charge is -2.25. The third-order valence-electron chi connectivity index (χ3n) is 3.14. The van der Waals surface area contributed by atoms with E-state index in [1.54, 1.807) is 0 Å². The van der Waals surface area contributed by atoms with Crippen molar-refractivity contribution in [2.75, 3.05) is 6.54 Å². The van der Waals surface area contributed by atoms with E-state index >= 15 is 0 Å². The van der Waals surface area contributed by atoms with Crippen LogP contribution in [0.4, 0.5) is 0 Å². The van der Waals surface area contributed by atoms with Gasteiger partial charge >= 0.3 is 0 Å². The number of carbonyl (C=O) groups excluding carboxylic acids is 2. The number of nitrogens with one attached hydrogen (secondary N) is 2. The van der Waals surface area contributed by atoms with Crippen LogP contribution in [0.25, 0.3) is 0 Å². The van der Waals surface area contributed by atoms with Crippen LogP contribution in [0.3, 0.4) is 0 Å². The minimum Gasteiger partial charge on any atom is -0.305 e. The van der Waals surface area contributed by atoms with E-state index in [2.05, 4.69) is 10.6 Å². The van der Waals surface area contributed by atoms with Crippen LogP contribution in [-0.2, 0) is 9.59 Å². The van der Waals surface area contributed by atoms with E-state index in [4.69, 9.17) is 0 Å². The Morgan fingerprint density at radius 3 is 2.64 bits per heavy atom. The lowest BCUT2D eigenvalue weighted by Crippen LogP contribution is -2.37. The molecule has 2 fully saturated rings. The van der Waals surface area contributed by atoms with Gasteiger partial charge in [0.25, 0.3) is 0 Å². The van der Waals surface area contributed by atoms with Crippen LogP contribution in [0.1, 0.15) is 32.1 Å². The summed E-state index contributed by atoms with van der Waals surface area (Å²) in [7, 11) is 0. The van der Waals surface area contributed by atoms with Crippen molar-refractivity contribution in [2.45, 2.75) is 38.1 Å². The van der Waals surface area contributed by atoms with Gasteiger partial charge in [-0.3, -0.25) is 14.9 Å². The van der Waals surface area contributed by atoms with E-state index in [0.717, 1.165) is 18.9 Å². The van der Waals surface area contributed by atoms with Crippen molar-refractivity contribution in [1.29, 1.82) is 0 Å². The van der Waals surface area contributed by atoms with Crippen molar-refractivity contribution < 1.29 is 9.59 Å². The first kappa shape index (κ1) is 9.65. The van der Waals surface area contributed by atoms with E-state index in [1.807, 2.05) is 0 Å². The van der Waals surface area contributed by atoms with Crippen LogP contribution in [0, 0.1) is 5.92 Å². The molecule has 0 aromatic carbocycles. The second-order valence-electron chi connectivity index (χ2n) is 4.21. The van der Waals surface area contributed by atoms with Crippen molar-refractivity contribution in [1.82, 2.24) is 10.6 Å². The Morgan fingerprint density at radius 1 is 1.36 bits per heavy atom. The van der Waals surface area contributed by atoms with Gasteiger partial charge in [-0.05, 0) is 18.9 Å². The lowest BCUT2D eigenvalue weighted by molar-refractivity contribution is -0.125. The maximum atomic E-state index is 11.1. The molecule has 0 spiro atoms. The first-order valence-electron chi connectivity index (χ1n) is 5.33. The van der Waals surface area contributed by atoms with Gasteiger partial charge in [0.1, 0.15) is 0 Å². The molecule has 2 rings (SSSR count). The number of amides is 2. The van der Waals surface area contributed by atoms with Crippen LogP contribution < -0.4 is 10.6 Å². The maximum absolute atomic E-state index is 11.1. The smallest absolute Gasteiger partial charge is 0.244 e. The van der Waals surface area contributed by atoms with Gasteiger partial charge in [0.2, 0.25) is 11.8 Å². The summed E-state index contributed by atoms with van der Waals surface area (Å²) in [5.41, 5.74) is 0. The summed E-state index contributed by atoms with van der Waals surface area (Å²) in [6.07, 6.45) is 5.46. The molecule has 2 N–H and O–H groups in total. The predicted octanol–water partition coefficient (Wildman–Crippen LogP) is 0.181. The summed E-state index contributed by atoms with van der Waals surface area (Å²) in [5.74, 6) is 0.530. The Kier molecular flexibility index (Phi) is 2.82. The van der Waals surface area contributed by atoms with E-state index in [0.29, 0.717) is 6.42 Å². The monoisotopic (exact) mass is 196 g/mol. The predicted molar refractivity (Wildman–Crippen MR) is 51.5 cm³/mol. The fraction of sp³-hybridized carbons (Fsp3) is 0.800. The van der Waals surface area contributed by atoms with Crippen LogP contribution in [0.15, 0.2) is 0 Å². The molecular weight excluding hydrogens is 180 g/mol. The van der Waals surface area contributed by atoms with Crippen molar-refractivity contribution >= 4 is 11.8 Å². The molecule has 1 unspecified atom stereocenters. The fourth-order valence-corrected chi connectivity index (χ4v) is 1.96. The SMILES string of the molecule is O=C1CC(NCCC2CCC2)C(=O)N1. The average Bonchev–Trinajstić information content (AvgIpc) is 2.36. The van der Waals surface area contributed by atoms with Crippen molar-refractivity contribution in [2.24, 2.45) is 5.92 Å². The Morgan fingerprint density at radius 2 is 2.14 bits per heavy atom. The number of hydrogen-bond acceptors (Lipinski definition) is 3. The number of hydrogen-bond donors (Lipinski definition) is 2. The molecule has 1 saturated carbocycles. The molecule has 0 bridgehead atoms. The number of rotatable bonds is 4. The molecule has 4 heteroatoms. The van der Waals surface area contributed by atoms with Gasteiger partial charge in [0, 0.05) is 0 Å². The Bertz CT molecular complexity index is 249. The zero-order chi connectivity index (χ0) is 9.97. The molecule has 0 radical (unpaired) electrons. The molecule has 2 aliphatic rings. The van der Waals surface area contributed by atoms with Crippen molar-refractivity contribution in [3.05, 3.63) is 0 Å². The van der Waals surface area contributed by atoms with Crippen LogP contribution in [0.5, 0.6) is 0 Å². The van der Waals surface area contributed by atoms with Gasteiger partial charge in [-0.2, -0.15) is 0 Å². The molecule has 1 heterocycles. The highest BCUT2D eigenvalue weighted by Gasteiger charge is 2.30. The summed E-state index contributed by atoms with van der Waals surface area (Å²) in [6.45, 7) is 0.857. The van der Waals surface area contributed by atoms with Gasteiger partial charge in [-0.15, -0.1) is 0 Å². The second-order valence-corrected chi connectivity index (χ2v) is 4.21. The summed E-state index contributed by atoms with van der Waals surface area (Å²) < 4.78 is 0. The molecular formula is C10H16N2O2. The molecule has 78 valence electrons. The minimum atomic E-state index is -0.275. The highest BCUT2D eigenvalue weighted by atomic mass is 16.2. The van der Waals surface area contributed by atoms with Crippen LogP contribution >= 0.6 is 0 Å². The normalized spacial score (nSPS) is 27.6. The third-order valence-corrected chi connectivity index (χ3v) is 3.14. The molecule has 1 saturated heterocycles. The molecule has 4 nitrogen and oxygen atoms in total. The molecule has 0 aromatic heterocycles. The summed E-state index contributed by atoms with van der Waals surface area (Å²) in [4.78, 5) is 22.0. The van der Waals surface area contributed by atoms with Crippen LogP contribution in [-0.4, -0.2) is 24.4 Å². The molecule has 1 atom stereocenters. The standard InChI is InChI=1S/C10H16N2O2/c13-9-6-8(10(14)12-9)11-5-4-7-2-1-3-7/h7-8,11H,1-6H2,(H,12,13,14). The minimum absolute atomic E-state index is 0.156. The highest BCUT2D eigenvalue weighted by Crippen LogP contribution is 2.28. The second kappa shape index (κ2) is 4.09. The number of imide groups is 1. The van der Waals surface area contributed by atoms with Gasteiger partial charge in [0.05, 0.1) is 12.5 Å². The topological polar surface area (TPSA) is 58.2 Å². The fourth-order valence-electron chi connectivity index (χ4n) is 1.96. The maximum Gasteiger partial charge on any atom is 0.244 e. The highest BCUT2D eigenvalue weighted by molar-refractivity contribution is 6.05. The Hall–Kier alpha value is -0.900. The zero-order valence-electron chi connectivity index (χ0n) is 8.21. The van der Waals surface area contributed by atoms with E-state index in [-0.39, 0.29) is 17.9 Å². The zero-order valence-corrected chi connectivity index (χ0v) is 8.21. The summed E-state index contributed by atoms with van der Waals surface area (Å²) in [6, 6.07) is -0.275. The van der Waals surface area contributed by atoms with Crippen molar-refractivity contribution in [3.63, 3.8) is 0 Å². The molecule has 0 aromatic rings. The molecule has 1 aliphatic carbocycles. The molecule has 2 amide bonds. The largest absolute Gasteiger partial charge is 0.305 e. The summed E-state index contributed by atoms with van der Waals surface area (Å²) in [5, 5.41) is 5.42. The quantitative estimate of drug-likeness (QED) is 0.631.